The van der Waals surface area contributed by atoms with Gasteiger partial charge in [0.05, 0.1) is 19.3 Å². The number of hydrogen-bond acceptors (Lipinski definition) is 3. The van der Waals surface area contributed by atoms with Gasteiger partial charge < -0.3 is 14.8 Å². The molecule has 0 spiro atoms. The zero-order valence-electron chi connectivity index (χ0n) is 8.09. The summed E-state index contributed by atoms with van der Waals surface area (Å²) in [5, 5.41) is 3.11. The Morgan fingerprint density at radius 3 is 3.00 bits per heavy atom. The van der Waals surface area contributed by atoms with E-state index in [9.17, 15) is 4.39 Å². The first kappa shape index (κ1) is 10.9. The summed E-state index contributed by atoms with van der Waals surface area (Å²) in [7, 11) is 0. The number of halogens is 1. The van der Waals surface area contributed by atoms with Crippen molar-refractivity contribution in [1.29, 1.82) is 0 Å². The molecule has 1 fully saturated rings. The zero-order valence-corrected chi connectivity index (χ0v) is 8.09. The van der Waals surface area contributed by atoms with Crippen LogP contribution in [0.15, 0.2) is 0 Å². The summed E-state index contributed by atoms with van der Waals surface area (Å²) in [5.74, 6) is 0. The first-order valence-electron chi connectivity index (χ1n) is 4.87. The largest absolute Gasteiger partial charge is 0.382 e. The van der Waals surface area contributed by atoms with Crippen LogP contribution in [0.1, 0.15) is 13.3 Å². The molecule has 0 aliphatic carbocycles. The van der Waals surface area contributed by atoms with E-state index in [0.717, 1.165) is 26.2 Å². The third-order valence-corrected chi connectivity index (χ3v) is 2.09. The Morgan fingerprint density at radius 1 is 1.54 bits per heavy atom. The van der Waals surface area contributed by atoms with Gasteiger partial charge in [0.2, 0.25) is 0 Å². The molecule has 1 aliphatic rings. The standard InChI is InChI=1S/C9H18FNO2/c1-2-12-5-3-4-11-9-7-13-6-8(9)10/h8-9,11H,2-7H2,1H3/t8-,9-/m1/s1. The molecule has 13 heavy (non-hydrogen) atoms. The van der Waals surface area contributed by atoms with Crippen molar-refractivity contribution in [3.05, 3.63) is 0 Å². The van der Waals surface area contributed by atoms with Gasteiger partial charge in [-0.1, -0.05) is 0 Å². The molecule has 0 saturated carbocycles. The first-order valence-corrected chi connectivity index (χ1v) is 4.87. The van der Waals surface area contributed by atoms with Crippen molar-refractivity contribution in [2.24, 2.45) is 0 Å². The van der Waals surface area contributed by atoms with Crippen LogP contribution < -0.4 is 5.32 Å². The summed E-state index contributed by atoms with van der Waals surface area (Å²) < 4.78 is 23.1. The monoisotopic (exact) mass is 191 g/mol. The minimum Gasteiger partial charge on any atom is -0.382 e. The van der Waals surface area contributed by atoms with Crippen LogP contribution in [0, 0.1) is 0 Å². The van der Waals surface area contributed by atoms with Crippen molar-refractivity contribution in [2.75, 3.05) is 33.0 Å². The van der Waals surface area contributed by atoms with Crippen LogP contribution in [0.2, 0.25) is 0 Å². The molecule has 78 valence electrons. The average Bonchev–Trinajstić information content (AvgIpc) is 2.52. The first-order chi connectivity index (χ1) is 6.34. The molecular formula is C9H18FNO2. The molecule has 0 bridgehead atoms. The Balaban J connectivity index is 1.93. The molecule has 0 aromatic heterocycles. The topological polar surface area (TPSA) is 30.5 Å². The minimum absolute atomic E-state index is 0.110. The number of ether oxygens (including phenoxy) is 2. The average molecular weight is 191 g/mol. The smallest absolute Gasteiger partial charge is 0.141 e. The number of alkyl halides is 1. The molecule has 1 saturated heterocycles. The summed E-state index contributed by atoms with van der Waals surface area (Å²) in [5.41, 5.74) is 0. The van der Waals surface area contributed by atoms with Crippen LogP contribution in [-0.4, -0.2) is 45.2 Å². The zero-order chi connectivity index (χ0) is 9.52. The molecule has 0 unspecified atom stereocenters. The van der Waals surface area contributed by atoms with Crippen molar-refractivity contribution >= 4 is 0 Å². The highest BCUT2D eigenvalue weighted by molar-refractivity contribution is 4.80. The van der Waals surface area contributed by atoms with E-state index in [1.165, 1.54) is 0 Å². The SMILES string of the molecule is CCOCCCN[C@@H]1COC[C@H]1F. The minimum atomic E-state index is -0.841. The van der Waals surface area contributed by atoms with Crippen molar-refractivity contribution < 1.29 is 13.9 Å². The number of rotatable bonds is 6. The molecule has 1 N–H and O–H groups in total. The lowest BCUT2D eigenvalue weighted by atomic mass is 10.2. The highest BCUT2D eigenvalue weighted by Gasteiger charge is 2.26. The van der Waals surface area contributed by atoms with Gasteiger partial charge >= 0.3 is 0 Å². The van der Waals surface area contributed by atoms with Crippen LogP contribution in [0.5, 0.6) is 0 Å². The van der Waals surface area contributed by atoms with Crippen LogP contribution >= 0.6 is 0 Å². The highest BCUT2D eigenvalue weighted by atomic mass is 19.1. The molecule has 2 atom stereocenters. The Bertz CT molecular complexity index is 135. The normalized spacial score (nSPS) is 28.2. The van der Waals surface area contributed by atoms with Crippen molar-refractivity contribution in [1.82, 2.24) is 5.32 Å². The van der Waals surface area contributed by atoms with E-state index in [4.69, 9.17) is 9.47 Å². The number of nitrogens with one attached hydrogen (secondary N) is 1. The van der Waals surface area contributed by atoms with Gasteiger partial charge in [-0.2, -0.15) is 0 Å². The maximum absolute atomic E-state index is 12.9. The third kappa shape index (κ3) is 4.02. The molecule has 0 amide bonds. The van der Waals surface area contributed by atoms with Gasteiger partial charge in [-0.3, -0.25) is 0 Å². The maximum Gasteiger partial charge on any atom is 0.141 e. The molecule has 1 rings (SSSR count). The molecule has 1 heterocycles. The third-order valence-electron chi connectivity index (χ3n) is 2.09. The second-order valence-corrected chi connectivity index (χ2v) is 3.16. The lowest BCUT2D eigenvalue weighted by Crippen LogP contribution is -2.37. The van der Waals surface area contributed by atoms with Gasteiger partial charge in [0.1, 0.15) is 6.17 Å². The Hall–Kier alpha value is -0.190. The Morgan fingerprint density at radius 2 is 2.38 bits per heavy atom. The van der Waals surface area contributed by atoms with E-state index < -0.39 is 6.17 Å². The summed E-state index contributed by atoms with van der Waals surface area (Å²) in [6.45, 7) is 5.00. The van der Waals surface area contributed by atoms with E-state index in [2.05, 4.69) is 5.32 Å². The highest BCUT2D eigenvalue weighted by Crippen LogP contribution is 2.08. The predicted molar refractivity (Wildman–Crippen MR) is 48.6 cm³/mol. The van der Waals surface area contributed by atoms with Gasteiger partial charge in [0, 0.05) is 13.2 Å². The fraction of sp³-hybridized carbons (Fsp3) is 1.00. The predicted octanol–water partition coefficient (Wildman–Crippen LogP) is 0.739. The van der Waals surface area contributed by atoms with E-state index in [1.54, 1.807) is 0 Å². The van der Waals surface area contributed by atoms with Gasteiger partial charge in [-0.05, 0) is 19.9 Å². The van der Waals surface area contributed by atoms with E-state index in [-0.39, 0.29) is 12.6 Å². The quantitative estimate of drug-likeness (QED) is 0.628. The second kappa shape index (κ2) is 6.29. The van der Waals surface area contributed by atoms with Gasteiger partial charge in [0.25, 0.3) is 0 Å². The maximum atomic E-state index is 12.9. The van der Waals surface area contributed by atoms with Crippen LogP contribution in [0.4, 0.5) is 4.39 Å². The molecule has 3 nitrogen and oxygen atoms in total. The van der Waals surface area contributed by atoms with E-state index in [1.807, 2.05) is 6.92 Å². The molecule has 4 heteroatoms. The number of hydrogen-bond donors (Lipinski definition) is 1. The van der Waals surface area contributed by atoms with Crippen LogP contribution in [0.25, 0.3) is 0 Å². The van der Waals surface area contributed by atoms with Crippen molar-refractivity contribution in [3.63, 3.8) is 0 Å². The van der Waals surface area contributed by atoms with Gasteiger partial charge in [0.15, 0.2) is 0 Å². The fourth-order valence-corrected chi connectivity index (χ4v) is 1.32. The summed E-state index contributed by atoms with van der Waals surface area (Å²) >= 11 is 0. The van der Waals surface area contributed by atoms with Crippen molar-refractivity contribution in [2.45, 2.75) is 25.6 Å². The lowest BCUT2D eigenvalue weighted by Gasteiger charge is -2.12. The summed E-state index contributed by atoms with van der Waals surface area (Å²) in [6.07, 6.45) is 0.0870. The molecule has 0 aromatic carbocycles. The molecular weight excluding hydrogens is 173 g/mol. The Labute approximate surface area is 78.6 Å². The lowest BCUT2D eigenvalue weighted by molar-refractivity contribution is 0.143. The van der Waals surface area contributed by atoms with Gasteiger partial charge in [-0.15, -0.1) is 0 Å². The Kier molecular flexibility index (Phi) is 5.27. The summed E-state index contributed by atoms with van der Waals surface area (Å²) in [6, 6.07) is -0.110. The van der Waals surface area contributed by atoms with E-state index in [0.29, 0.717) is 6.61 Å². The molecule has 0 aromatic rings. The van der Waals surface area contributed by atoms with Crippen LogP contribution in [-0.2, 0) is 9.47 Å². The molecule has 0 radical (unpaired) electrons. The van der Waals surface area contributed by atoms with Gasteiger partial charge in [-0.25, -0.2) is 4.39 Å². The summed E-state index contributed by atoms with van der Waals surface area (Å²) in [4.78, 5) is 0. The van der Waals surface area contributed by atoms with Crippen molar-refractivity contribution in [3.8, 4) is 0 Å². The second-order valence-electron chi connectivity index (χ2n) is 3.16. The fourth-order valence-electron chi connectivity index (χ4n) is 1.32. The molecule has 1 aliphatic heterocycles. The van der Waals surface area contributed by atoms with E-state index >= 15 is 0 Å². The van der Waals surface area contributed by atoms with Crippen LogP contribution in [0.3, 0.4) is 0 Å².